The van der Waals surface area contributed by atoms with Gasteiger partial charge in [0.15, 0.2) is 0 Å². The predicted molar refractivity (Wildman–Crippen MR) is 162 cm³/mol. The Balaban J connectivity index is 2.04. The third kappa shape index (κ3) is 9.00. The molecule has 42 heavy (non-hydrogen) atoms. The number of nitrogens with one attached hydrogen (secondary N) is 2. The van der Waals surface area contributed by atoms with E-state index in [9.17, 15) is 19.5 Å². The van der Waals surface area contributed by atoms with Crippen molar-refractivity contribution in [1.82, 2.24) is 15.5 Å². The molecule has 0 aromatic heterocycles. The summed E-state index contributed by atoms with van der Waals surface area (Å²) in [6, 6.07) is 20.4. The molecule has 0 saturated heterocycles. The van der Waals surface area contributed by atoms with E-state index in [0.717, 1.165) is 5.56 Å². The van der Waals surface area contributed by atoms with E-state index in [0.29, 0.717) is 16.7 Å². The number of phenols is 1. The SMILES string of the molecule is C#Cc1ccccc1C(C(=O)NCc1ccccc1)N(CC=C)C(=O)C(Cc1ccc(O)cc1)NC(=O)OC(C)(C)C. The largest absolute Gasteiger partial charge is 0.508 e. The molecule has 0 aliphatic carbocycles. The zero-order chi connectivity index (χ0) is 30.7. The molecular weight excluding hydrogens is 530 g/mol. The van der Waals surface area contributed by atoms with E-state index in [1.807, 2.05) is 30.3 Å². The Morgan fingerprint density at radius 1 is 1.00 bits per heavy atom. The summed E-state index contributed by atoms with van der Waals surface area (Å²) in [4.78, 5) is 42.4. The molecule has 0 spiro atoms. The first kappa shape index (κ1) is 31.5. The number of amides is 3. The highest BCUT2D eigenvalue weighted by Crippen LogP contribution is 2.26. The second-order valence-electron chi connectivity index (χ2n) is 10.7. The Labute approximate surface area is 247 Å². The summed E-state index contributed by atoms with van der Waals surface area (Å²) in [6.45, 7) is 9.19. The smallest absolute Gasteiger partial charge is 0.408 e. The van der Waals surface area contributed by atoms with Crippen LogP contribution in [0.5, 0.6) is 5.75 Å². The van der Waals surface area contributed by atoms with Crippen LogP contribution in [-0.4, -0.2) is 46.1 Å². The van der Waals surface area contributed by atoms with Gasteiger partial charge >= 0.3 is 6.09 Å². The minimum Gasteiger partial charge on any atom is -0.508 e. The number of hydrogen-bond donors (Lipinski definition) is 3. The van der Waals surface area contributed by atoms with Crippen LogP contribution in [0.15, 0.2) is 91.5 Å². The summed E-state index contributed by atoms with van der Waals surface area (Å²) >= 11 is 0. The molecule has 218 valence electrons. The van der Waals surface area contributed by atoms with Crippen LogP contribution in [0.25, 0.3) is 0 Å². The molecular formula is C34H37N3O5. The molecule has 3 amide bonds. The summed E-state index contributed by atoms with van der Waals surface area (Å²) in [6.07, 6.45) is 6.60. The lowest BCUT2D eigenvalue weighted by molar-refractivity contribution is -0.141. The van der Waals surface area contributed by atoms with Crippen LogP contribution < -0.4 is 10.6 Å². The number of ether oxygens (including phenoxy) is 1. The first-order valence-corrected chi connectivity index (χ1v) is 13.6. The molecule has 0 heterocycles. The molecule has 2 atom stereocenters. The average Bonchev–Trinajstić information content (AvgIpc) is 2.96. The van der Waals surface area contributed by atoms with E-state index in [1.165, 1.54) is 23.1 Å². The molecule has 3 aromatic rings. The van der Waals surface area contributed by atoms with Crippen molar-refractivity contribution in [2.45, 2.75) is 51.4 Å². The number of alkyl carbamates (subject to hydrolysis) is 1. The average molecular weight is 568 g/mol. The monoisotopic (exact) mass is 567 g/mol. The van der Waals surface area contributed by atoms with Crippen LogP contribution in [0.1, 0.15) is 49.1 Å². The molecule has 0 aliphatic heterocycles. The lowest BCUT2D eigenvalue weighted by Crippen LogP contribution is -2.54. The standard InChI is InChI=1S/C34H37N3O5/c1-6-21-37(32(40)29(36-33(41)42-34(3,4)5)22-24-17-19-27(38)20-18-24)30(28-16-12-11-15-26(28)7-2)31(39)35-23-25-13-9-8-10-14-25/h2,6,8-20,29-30,38H,1,21-23H2,3-5H3,(H,35,39)(H,36,41). The maximum absolute atomic E-state index is 14.3. The van der Waals surface area contributed by atoms with Crippen molar-refractivity contribution >= 4 is 17.9 Å². The third-order valence-electron chi connectivity index (χ3n) is 6.25. The topological polar surface area (TPSA) is 108 Å². The van der Waals surface area contributed by atoms with Crippen molar-refractivity contribution < 1.29 is 24.2 Å². The van der Waals surface area contributed by atoms with Gasteiger partial charge in [-0.25, -0.2) is 4.79 Å². The van der Waals surface area contributed by atoms with Crippen LogP contribution in [0.3, 0.4) is 0 Å². The van der Waals surface area contributed by atoms with Crippen molar-refractivity contribution in [3.8, 4) is 18.1 Å². The van der Waals surface area contributed by atoms with Crippen molar-refractivity contribution in [3.63, 3.8) is 0 Å². The van der Waals surface area contributed by atoms with E-state index < -0.39 is 35.6 Å². The van der Waals surface area contributed by atoms with Crippen molar-refractivity contribution in [3.05, 3.63) is 114 Å². The second kappa shape index (κ2) is 14.6. The lowest BCUT2D eigenvalue weighted by atomic mass is 9.96. The number of hydrogen-bond acceptors (Lipinski definition) is 5. The molecule has 0 fully saturated rings. The molecule has 0 radical (unpaired) electrons. The van der Waals surface area contributed by atoms with E-state index in [2.05, 4.69) is 23.1 Å². The first-order valence-electron chi connectivity index (χ1n) is 13.6. The molecule has 8 nitrogen and oxygen atoms in total. The quantitative estimate of drug-likeness (QED) is 0.226. The number of carbonyl (C=O) groups excluding carboxylic acids is 3. The summed E-state index contributed by atoms with van der Waals surface area (Å²) in [7, 11) is 0. The van der Waals surface area contributed by atoms with Gasteiger partial charge in [0.05, 0.1) is 0 Å². The Hall–Kier alpha value is -5.03. The number of carbonyl (C=O) groups is 3. The van der Waals surface area contributed by atoms with Gasteiger partial charge in [-0.1, -0.05) is 72.7 Å². The van der Waals surface area contributed by atoms with Crippen LogP contribution in [0, 0.1) is 12.3 Å². The van der Waals surface area contributed by atoms with Gasteiger partial charge in [-0.05, 0) is 55.7 Å². The van der Waals surface area contributed by atoms with Crippen molar-refractivity contribution in [1.29, 1.82) is 0 Å². The van der Waals surface area contributed by atoms with Crippen LogP contribution in [0.2, 0.25) is 0 Å². The van der Waals surface area contributed by atoms with Crippen LogP contribution in [-0.2, 0) is 27.3 Å². The molecule has 3 N–H and O–H groups in total. The van der Waals surface area contributed by atoms with Gasteiger partial charge in [0.2, 0.25) is 11.8 Å². The van der Waals surface area contributed by atoms with Gasteiger partial charge in [0.1, 0.15) is 23.4 Å². The summed E-state index contributed by atoms with van der Waals surface area (Å²) in [5.74, 6) is 1.69. The number of rotatable bonds is 11. The Bertz CT molecular complexity index is 1420. The molecule has 2 unspecified atom stereocenters. The lowest BCUT2D eigenvalue weighted by Gasteiger charge is -2.34. The minimum atomic E-state index is -1.13. The molecule has 8 heteroatoms. The van der Waals surface area contributed by atoms with Gasteiger partial charge < -0.3 is 25.4 Å². The van der Waals surface area contributed by atoms with Gasteiger partial charge in [-0.15, -0.1) is 13.0 Å². The number of terminal acetylenes is 1. The molecule has 0 bridgehead atoms. The van der Waals surface area contributed by atoms with Crippen LogP contribution >= 0.6 is 0 Å². The molecule has 0 aliphatic rings. The van der Waals surface area contributed by atoms with Gasteiger partial charge in [0, 0.05) is 25.1 Å². The summed E-state index contributed by atoms with van der Waals surface area (Å²) in [5, 5.41) is 15.4. The second-order valence-corrected chi connectivity index (χ2v) is 10.7. The Morgan fingerprint density at radius 2 is 1.64 bits per heavy atom. The maximum Gasteiger partial charge on any atom is 0.408 e. The molecule has 3 aromatic carbocycles. The zero-order valence-corrected chi connectivity index (χ0v) is 24.2. The normalized spacial score (nSPS) is 12.2. The highest BCUT2D eigenvalue weighted by Gasteiger charge is 2.36. The number of phenolic OH excluding ortho intramolecular Hbond substituents is 1. The molecule has 0 saturated carbocycles. The van der Waals surface area contributed by atoms with Crippen molar-refractivity contribution in [2.24, 2.45) is 0 Å². The van der Waals surface area contributed by atoms with Crippen LogP contribution in [0.4, 0.5) is 4.79 Å². The summed E-state index contributed by atoms with van der Waals surface area (Å²) < 4.78 is 5.44. The Kier molecular flexibility index (Phi) is 10.9. The number of nitrogens with zero attached hydrogens (tertiary/aromatic N) is 1. The first-order chi connectivity index (χ1) is 20.0. The van der Waals surface area contributed by atoms with E-state index >= 15 is 0 Å². The highest BCUT2D eigenvalue weighted by molar-refractivity contribution is 5.92. The summed E-state index contributed by atoms with van der Waals surface area (Å²) in [5.41, 5.74) is 1.67. The minimum absolute atomic E-state index is 0.0107. The third-order valence-corrected chi connectivity index (χ3v) is 6.25. The van der Waals surface area contributed by atoms with E-state index in [1.54, 1.807) is 57.2 Å². The Morgan fingerprint density at radius 3 is 2.26 bits per heavy atom. The van der Waals surface area contributed by atoms with E-state index in [4.69, 9.17) is 11.2 Å². The fraction of sp³-hybridized carbons (Fsp3) is 0.265. The highest BCUT2D eigenvalue weighted by atomic mass is 16.6. The molecule has 3 rings (SSSR count). The fourth-order valence-corrected chi connectivity index (χ4v) is 4.38. The van der Waals surface area contributed by atoms with Gasteiger partial charge in [-0.3, -0.25) is 9.59 Å². The zero-order valence-electron chi connectivity index (χ0n) is 24.2. The van der Waals surface area contributed by atoms with Gasteiger partial charge in [0.25, 0.3) is 0 Å². The van der Waals surface area contributed by atoms with Gasteiger partial charge in [-0.2, -0.15) is 0 Å². The van der Waals surface area contributed by atoms with E-state index in [-0.39, 0.29) is 25.3 Å². The fourth-order valence-electron chi connectivity index (χ4n) is 4.38. The maximum atomic E-state index is 14.3. The predicted octanol–water partition coefficient (Wildman–Crippen LogP) is 4.88. The number of benzene rings is 3. The number of aromatic hydroxyl groups is 1. The van der Waals surface area contributed by atoms with Crippen molar-refractivity contribution in [2.75, 3.05) is 6.54 Å².